The SMILES string of the molecule is CC(Sc1nnc(-c2ccco2)n1C)C(=O)NC1CC1. The highest BCUT2D eigenvalue weighted by molar-refractivity contribution is 8.00. The molecule has 2 aromatic heterocycles. The Morgan fingerprint density at radius 3 is 3.00 bits per heavy atom. The van der Waals surface area contributed by atoms with Crippen LogP contribution in [-0.4, -0.2) is 32.0 Å². The molecule has 0 spiro atoms. The highest BCUT2D eigenvalue weighted by Gasteiger charge is 2.27. The van der Waals surface area contributed by atoms with Gasteiger partial charge in [-0.25, -0.2) is 0 Å². The Kier molecular flexibility index (Phi) is 3.52. The van der Waals surface area contributed by atoms with E-state index in [0.717, 1.165) is 12.8 Å². The highest BCUT2D eigenvalue weighted by atomic mass is 32.2. The molecule has 1 amide bonds. The summed E-state index contributed by atoms with van der Waals surface area (Å²) in [7, 11) is 1.87. The van der Waals surface area contributed by atoms with Gasteiger partial charge in [-0.3, -0.25) is 4.79 Å². The number of hydrogen-bond donors (Lipinski definition) is 1. The number of rotatable bonds is 5. The molecule has 1 N–H and O–H groups in total. The number of nitrogens with one attached hydrogen (secondary N) is 1. The summed E-state index contributed by atoms with van der Waals surface area (Å²) in [6.45, 7) is 1.88. The number of thioether (sulfide) groups is 1. The van der Waals surface area contributed by atoms with Gasteiger partial charge in [0.25, 0.3) is 0 Å². The van der Waals surface area contributed by atoms with Gasteiger partial charge in [0.1, 0.15) is 0 Å². The average Bonchev–Trinajstić information content (AvgIpc) is 2.94. The Hall–Kier alpha value is -1.76. The first kappa shape index (κ1) is 13.2. The first-order valence-corrected chi connectivity index (χ1v) is 7.43. The summed E-state index contributed by atoms with van der Waals surface area (Å²) >= 11 is 1.40. The third-order valence-electron chi connectivity index (χ3n) is 3.15. The molecule has 1 aliphatic rings. The van der Waals surface area contributed by atoms with Crippen LogP contribution in [0.4, 0.5) is 0 Å². The van der Waals surface area contributed by atoms with Crippen molar-refractivity contribution in [3.63, 3.8) is 0 Å². The molecule has 7 heteroatoms. The van der Waals surface area contributed by atoms with Gasteiger partial charge < -0.3 is 14.3 Å². The molecule has 20 heavy (non-hydrogen) atoms. The zero-order valence-corrected chi connectivity index (χ0v) is 12.2. The number of nitrogens with zero attached hydrogens (tertiary/aromatic N) is 3. The van der Waals surface area contributed by atoms with E-state index in [-0.39, 0.29) is 11.2 Å². The van der Waals surface area contributed by atoms with E-state index in [1.807, 2.05) is 30.7 Å². The van der Waals surface area contributed by atoms with Crippen LogP contribution in [0, 0.1) is 0 Å². The molecule has 1 aliphatic carbocycles. The predicted octanol–water partition coefficient (Wildman–Crippen LogP) is 1.83. The van der Waals surface area contributed by atoms with Crippen LogP contribution in [0.2, 0.25) is 0 Å². The van der Waals surface area contributed by atoms with E-state index in [9.17, 15) is 4.79 Å². The zero-order chi connectivity index (χ0) is 14.1. The Morgan fingerprint density at radius 1 is 1.55 bits per heavy atom. The van der Waals surface area contributed by atoms with Crippen molar-refractivity contribution in [3.8, 4) is 11.6 Å². The molecule has 2 aromatic rings. The third-order valence-corrected chi connectivity index (χ3v) is 4.29. The van der Waals surface area contributed by atoms with E-state index < -0.39 is 0 Å². The maximum atomic E-state index is 11.9. The quantitative estimate of drug-likeness (QED) is 0.851. The Morgan fingerprint density at radius 2 is 2.35 bits per heavy atom. The fourth-order valence-electron chi connectivity index (χ4n) is 1.80. The lowest BCUT2D eigenvalue weighted by Gasteiger charge is -2.10. The summed E-state index contributed by atoms with van der Waals surface area (Å²) in [6.07, 6.45) is 3.79. The summed E-state index contributed by atoms with van der Waals surface area (Å²) in [6, 6.07) is 4.02. The zero-order valence-electron chi connectivity index (χ0n) is 11.4. The second-order valence-electron chi connectivity index (χ2n) is 4.89. The Bertz CT molecular complexity index is 604. The minimum atomic E-state index is -0.192. The molecule has 2 heterocycles. The standard InChI is InChI=1S/C13H16N4O2S/c1-8(12(18)14-9-5-6-9)20-13-16-15-11(17(13)2)10-4-3-7-19-10/h3-4,7-9H,5-6H2,1-2H3,(H,14,18). The smallest absolute Gasteiger partial charge is 0.233 e. The maximum Gasteiger partial charge on any atom is 0.233 e. The first-order valence-electron chi connectivity index (χ1n) is 6.55. The fourth-order valence-corrected chi connectivity index (χ4v) is 2.62. The Balaban J connectivity index is 1.69. The number of furan rings is 1. The Labute approximate surface area is 120 Å². The van der Waals surface area contributed by atoms with Gasteiger partial charge in [0.2, 0.25) is 5.91 Å². The van der Waals surface area contributed by atoms with Crippen LogP contribution in [0.25, 0.3) is 11.6 Å². The van der Waals surface area contributed by atoms with Gasteiger partial charge >= 0.3 is 0 Å². The van der Waals surface area contributed by atoms with Gasteiger partial charge in [0.05, 0.1) is 11.5 Å². The minimum absolute atomic E-state index is 0.0556. The highest BCUT2D eigenvalue weighted by Crippen LogP contribution is 2.26. The van der Waals surface area contributed by atoms with Gasteiger partial charge in [0, 0.05) is 13.1 Å². The van der Waals surface area contributed by atoms with Gasteiger partial charge in [-0.05, 0) is 31.9 Å². The van der Waals surface area contributed by atoms with Crippen molar-refractivity contribution in [1.82, 2.24) is 20.1 Å². The summed E-state index contributed by atoms with van der Waals surface area (Å²) in [5.74, 6) is 1.38. The van der Waals surface area contributed by atoms with Crippen LogP contribution in [-0.2, 0) is 11.8 Å². The number of amides is 1. The van der Waals surface area contributed by atoms with E-state index in [1.54, 1.807) is 6.26 Å². The van der Waals surface area contributed by atoms with Crippen molar-refractivity contribution in [2.45, 2.75) is 36.2 Å². The van der Waals surface area contributed by atoms with Gasteiger partial charge in [-0.2, -0.15) is 0 Å². The van der Waals surface area contributed by atoms with E-state index in [1.165, 1.54) is 11.8 Å². The van der Waals surface area contributed by atoms with Crippen LogP contribution in [0.15, 0.2) is 28.0 Å². The van der Waals surface area contributed by atoms with Gasteiger partial charge in [-0.15, -0.1) is 10.2 Å². The lowest BCUT2D eigenvalue weighted by molar-refractivity contribution is -0.120. The van der Waals surface area contributed by atoms with Gasteiger partial charge in [0.15, 0.2) is 16.7 Å². The van der Waals surface area contributed by atoms with Crippen molar-refractivity contribution in [3.05, 3.63) is 18.4 Å². The maximum absolute atomic E-state index is 11.9. The number of aromatic nitrogens is 3. The number of carbonyl (C=O) groups excluding carboxylic acids is 1. The van der Waals surface area contributed by atoms with Gasteiger partial charge in [-0.1, -0.05) is 11.8 Å². The molecule has 1 atom stereocenters. The molecule has 0 aromatic carbocycles. The van der Waals surface area contributed by atoms with Crippen LogP contribution >= 0.6 is 11.8 Å². The van der Waals surface area contributed by atoms with Crippen molar-refractivity contribution in [1.29, 1.82) is 0 Å². The van der Waals surface area contributed by atoms with Crippen molar-refractivity contribution in [2.24, 2.45) is 7.05 Å². The minimum Gasteiger partial charge on any atom is -0.461 e. The normalized spacial score (nSPS) is 16.1. The molecule has 0 aliphatic heterocycles. The van der Waals surface area contributed by atoms with Crippen LogP contribution in [0.5, 0.6) is 0 Å². The third kappa shape index (κ3) is 2.72. The van der Waals surface area contributed by atoms with Crippen LogP contribution in [0.3, 0.4) is 0 Å². The van der Waals surface area contributed by atoms with Crippen LogP contribution < -0.4 is 5.32 Å². The second-order valence-corrected chi connectivity index (χ2v) is 6.19. The first-order chi connectivity index (χ1) is 9.65. The lowest BCUT2D eigenvalue weighted by Crippen LogP contribution is -2.32. The summed E-state index contributed by atoms with van der Waals surface area (Å²) in [5.41, 5.74) is 0. The molecule has 1 saturated carbocycles. The molecule has 6 nitrogen and oxygen atoms in total. The second kappa shape index (κ2) is 5.32. The summed E-state index contributed by atoms with van der Waals surface area (Å²) in [4.78, 5) is 11.9. The fraction of sp³-hybridized carbons (Fsp3) is 0.462. The average molecular weight is 292 g/mol. The molecule has 0 radical (unpaired) electrons. The van der Waals surface area contributed by atoms with Crippen molar-refractivity contribution in [2.75, 3.05) is 0 Å². The molecule has 0 bridgehead atoms. The summed E-state index contributed by atoms with van der Waals surface area (Å²) in [5, 5.41) is 11.7. The molecular weight excluding hydrogens is 276 g/mol. The van der Waals surface area contributed by atoms with E-state index in [2.05, 4.69) is 15.5 Å². The summed E-state index contributed by atoms with van der Waals surface area (Å²) < 4.78 is 7.15. The predicted molar refractivity (Wildman–Crippen MR) is 75.2 cm³/mol. The molecule has 1 unspecified atom stereocenters. The van der Waals surface area contributed by atoms with Crippen LogP contribution in [0.1, 0.15) is 19.8 Å². The molecule has 0 saturated heterocycles. The largest absolute Gasteiger partial charge is 0.461 e. The number of carbonyl (C=O) groups is 1. The van der Waals surface area contributed by atoms with E-state index in [4.69, 9.17) is 4.42 Å². The van der Waals surface area contributed by atoms with E-state index >= 15 is 0 Å². The van der Waals surface area contributed by atoms with Crippen molar-refractivity contribution >= 4 is 17.7 Å². The number of hydrogen-bond acceptors (Lipinski definition) is 5. The molecule has 106 valence electrons. The van der Waals surface area contributed by atoms with Crippen molar-refractivity contribution < 1.29 is 9.21 Å². The molecule has 3 rings (SSSR count). The van der Waals surface area contributed by atoms with E-state index in [0.29, 0.717) is 22.8 Å². The monoisotopic (exact) mass is 292 g/mol. The molecular formula is C13H16N4O2S. The topological polar surface area (TPSA) is 73.0 Å². The lowest BCUT2D eigenvalue weighted by atomic mass is 10.4. The molecule has 1 fully saturated rings.